The molecule has 2 aromatic rings. The minimum Gasteiger partial charge on any atom is -0.455 e. The van der Waals surface area contributed by atoms with Crippen molar-refractivity contribution in [3.05, 3.63) is 51.4 Å². The van der Waals surface area contributed by atoms with E-state index in [9.17, 15) is 14.9 Å². The van der Waals surface area contributed by atoms with E-state index in [1.165, 1.54) is 16.2 Å². The SMILES string of the molecule is Cc1ccccc1CC(=O)OCC(=O)Nc1sc2c(c1C#N)CC[C@H](C)C2. The number of fused-ring (bicyclic) bond motifs is 1. The number of esters is 1. The van der Waals surface area contributed by atoms with Crippen LogP contribution in [-0.4, -0.2) is 18.5 Å². The lowest BCUT2D eigenvalue weighted by Gasteiger charge is -2.17. The minimum absolute atomic E-state index is 0.134. The first-order chi connectivity index (χ1) is 13.0. The van der Waals surface area contributed by atoms with Crippen LogP contribution in [-0.2, 0) is 33.6 Å². The van der Waals surface area contributed by atoms with Gasteiger partial charge in [0, 0.05) is 4.88 Å². The highest BCUT2D eigenvalue weighted by molar-refractivity contribution is 7.16. The van der Waals surface area contributed by atoms with Gasteiger partial charge in [0.2, 0.25) is 0 Å². The Labute approximate surface area is 163 Å². The third-order valence-corrected chi connectivity index (χ3v) is 6.01. The molecular weight excluding hydrogens is 360 g/mol. The number of thiophene rings is 1. The van der Waals surface area contributed by atoms with Gasteiger partial charge in [0.25, 0.3) is 5.91 Å². The third-order valence-electron chi connectivity index (χ3n) is 4.84. The Kier molecular flexibility index (Phi) is 5.92. The van der Waals surface area contributed by atoms with Gasteiger partial charge in [-0.1, -0.05) is 31.2 Å². The summed E-state index contributed by atoms with van der Waals surface area (Å²) >= 11 is 1.46. The molecule has 5 nitrogen and oxygen atoms in total. The molecule has 0 saturated heterocycles. The molecule has 1 aliphatic rings. The van der Waals surface area contributed by atoms with Crippen LogP contribution in [0.15, 0.2) is 24.3 Å². The number of rotatable bonds is 5. The summed E-state index contributed by atoms with van der Waals surface area (Å²) < 4.78 is 5.10. The van der Waals surface area contributed by atoms with E-state index in [2.05, 4.69) is 18.3 Å². The van der Waals surface area contributed by atoms with Crippen LogP contribution in [0.1, 0.15) is 40.5 Å². The normalized spacial score (nSPS) is 15.5. The van der Waals surface area contributed by atoms with Crippen LogP contribution >= 0.6 is 11.3 Å². The summed E-state index contributed by atoms with van der Waals surface area (Å²) in [5.74, 6) is -0.274. The smallest absolute Gasteiger partial charge is 0.310 e. The molecule has 1 aliphatic carbocycles. The maximum atomic E-state index is 12.2. The molecule has 0 spiro atoms. The van der Waals surface area contributed by atoms with Gasteiger partial charge in [-0.05, 0) is 48.8 Å². The molecule has 27 heavy (non-hydrogen) atoms. The Hall–Kier alpha value is -2.65. The largest absolute Gasteiger partial charge is 0.455 e. The zero-order chi connectivity index (χ0) is 19.4. The average Bonchev–Trinajstić information content (AvgIpc) is 2.97. The Morgan fingerprint density at radius 1 is 1.37 bits per heavy atom. The van der Waals surface area contributed by atoms with Crippen LogP contribution in [0.3, 0.4) is 0 Å². The standard InChI is InChI=1S/C21H22N2O3S/c1-13-7-8-16-17(11-22)21(27-18(16)9-13)23-19(24)12-26-20(25)10-15-6-4-3-5-14(15)2/h3-6,13H,7-10,12H2,1-2H3,(H,23,24)/t13-/m0/s1. The lowest BCUT2D eigenvalue weighted by atomic mass is 9.89. The number of amides is 1. The highest BCUT2D eigenvalue weighted by atomic mass is 32.1. The molecule has 0 bridgehead atoms. The number of hydrogen-bond donors (Lipinski definition) is 1. The predicted octanol–water partition coefficient (Wildman–Crippen LogP) is 3.78. The fourth-order valence-electron chi connectivity index (χ4n) is 3.28. The summed E-state index contributed by atoms with van der Waals surface area (Å²) in [6, 6.07) is 9.79. The molecule has 0 fully saturated rings. The van der Waals surface area contributed by atoms with Gasteiger partial charge >= 0.3 is 5.97 Å². The van der Waals surface area contributed by atoms with Gasteiger partial charge in [0.05, 0.1) is 12.0 Å². The van der Waals surface area contributed by atoms with Gasteiger partial charge in [0.1, 0.15) is 11.1 Å². The fraction of sp³-hybridized carbons (Fsp3) is 0.381. The lowest BCUT2D eigenvalue weighted by molar-refractivity contribution is -0.146. The summed E-state index contributed by atoms with van der Waals surface area (Å²) in [6.07, 6.45) is 3.00. The summed E-state index contributed by atoms with van der Waals surface area (Å²) in [5.41, 5.74) is 3.51. The molecule has 0 saturated carbocycles. The third kappa shape index (κ3) is 4.55. The predicted molar refractivity (Wildman–Crippen MR) is 105 cm³/mol. The molecule has 6 heteroatoms. The summed E-state index contributed by atoms with van der Waals surface area (Å²) in [5, 5.41) is 12.8. The van der Waals surface area contributed by atoms with Crippen molar-refractivity contribution in [3.8, 4) is 6.07 Å². The van der Waals surface area contributed by atoms with Crippen LogP contribution in [0.25, 0.3) is 0 Å². The van der Waals surface area contributed by atoms with Crippen LogP contribution in [0.2, 0.25) is 0 Å². The molecule has 0 unspecified atom stereocenters. The number of hydrogen-bond acceptors (Lipinski definition) is 5. The van der Waals surface area contributed by atoms with Crippen molar-refractivity contribution in [1.29, 1.82) is 5.26 Å². The Bertz CT molecular complexity index is 911. The molecule has 1 aromatic carbocycles. The number of nitrogens with one attached hydrogen (secondary N) is 1. The number of carbonyl (C=O) groups is 2. The molecule has 0 aliphatic heterocycles. The minimum atomic E-state index is -0.445. The highest BCUT2D eigenvalue weighted by Crippen LogP contribution is 2.39. The van der Waals surface area contributed by atoms with Crippen molar-refractivity contribution < 1.29 is 14.3 Å². The average molecular weight is 382 g/mol. The second-order valence-corrected chi connectivity index (χ2v) is 8.08. The van der Waals surface area contributed by atoms with Gasteiger partial charge in [-0.15, -0.1) is 11.3 Å². The summed E-state index contributed by atoms with van der Waals surface area (Å²) in [7, 11) is 0. The summed E-state index contributed by atoms with van der Waals surface area (Å²) in [6.45, 7) is 3.77. The molecule has 1 N–H and O–H groups in total. The van der Waals surface area contributed by atoms with Crippen molar-refractivity contribution in [2.24, 2.45) is 5.92 Å². The first-order valence-corrected chi connectivity index (χ1v) is 9.84. The van der Waals surface area contributed by atoms with E-state index in [4.69, 9.17) is 4.74 Å². The maximum absolute atomic E-state index is 12.2. The van der Waals surface area contributed by atoms with Crippen LogP contribution in [0, 0.1) is 24.2 Å². The van der Waals surface area contributed by atoms with Gasteiger partial charge in [-0.2, -0.15) is 5.26 Å². The van der Waals surface area contributed by atoms with Gasteiger partial charge in [-0.25, -0.2) is 0 Å². The molecule has 1 aromatic heterocycles. The van der Waals surface area contributed by atoms with Gasteiger partial charge < -0.3 is 10.1 Å². The fourth-order valence-corrected chi connectivity index (χ4v) is 4.66. The zero-order valence-corrected chi connectivity index (χ0v) is 16.3. The zero-order valence-electron chi connectivity index (χ0n) is 15.5. The topological polar surface area (TPSA) is 79.2 Å². The van der Waals surface area contributed by atoms with Gasteiger partial charge in [-0.3, -0.25) is 9.59 Å². The Balaban J connectivity index is 1.58. The van der Waals surface area contributed by atoms with Crippen LogP contribution < -0.4 is 5.32 Å². The number of anilines is 1. The van der Waals surface area contributed by atoms with E-state index in [0.717, 1.165) is 36.0 Å². The van der Waals surface area contributed by atoms with E-state index >= 15 is 0 Å². The molecule has 3 rings (SSSR count). The number of aryl methyl sites for hydroxylation is 1. The number of nitriles is 1. The molecular formula is C21H22N2O3S. The van der Waals surface area contributed by atoms with Crippen LogP contribution in [0.5, 0.6) is 0 Å². The van der Waals surface area contributed by atoms with E-state index in [1.807, 2.05) is 31.2 Å². The summed E-state index contributed by atoms with van der Waals surface area (Å²) in [4.78, 5) is 25.4. The molecule has 140 valence electrons. The van der Waals surface area contributed by atoms with E-state index in [0.29, 0.717) is 16.5 Å². The second-order valence-electron chi connectivity index (χ2n) is 6.98. The van der Waals surface area contributed by atoms with E-state index < -0.39 is 11.9 Å². The maximum Gasteiger partial charge on any atom is 0.310 e. The molecule has 1 amide bonds. The van der Waals surface area contributed by atoms with Gasteiger partial charge in [0.15, 0.2) is 6.61 Å². The first kappa shape index (κ1) is 19.1. The Morgan fingerprint density at radius 3 is 2.89 bits per heavy atom. The Morgan fingerprint density at radius 2 is 2.15 bits per heavy atom. The molecule has 1 heterocycles. The van der Waals surface area contributed by atoms with E-state index in [-0.39, 0.29) is 13.0 Å². The highest BCUT2D eigenvalue weighted by Gasteiger charge is 2.24. The quantitative estimate of drug-likeness (QED) is 0.798. The molecule has 0 radical (unpaired) electrons. The van der Waals surface area contributed by atoms with Crippen molar-refractivity contribution in [3.63, 3.8) is 0 Å². The molecule has 1 atom stereocenters. The second kappa shape index (κ2) is 8.36. The van der Waals surface area contributed by atoms with Crippen LogP contribution in [0.4, 0.5) is 5.00 Å². The number of benzene rings is 1. The van der Waals surface area contributed by atoms with Crippen molar-refractivity contribution >= 4 is 28.2 Å². The number of nitrogens with zero attached hydrogens (tertiary/aromatic N) is 1. The first-order valence-electron chi connectivity index (χ1n) is 9.02. The number of ether oxygens (including phenoxy) is 1. The number of carbonyl (C=O) groups excluding carboxylic acids is 2. The lowest BCUT2D eigenvalue weighted by Crippen LogP contribution is -2.21. The van der Waals surface area contributed by atoms with Crippen molar-refractivity contribution in [1.82, 2.24) is 0 Å². The monoisotopic (exact) mass is 382 g/mol. The van der Waals surface area contributed by atoms with Crippen molar-refractivity contribution in [2.45, 2.75) is 39.5 Å². The van der Waals surface area contributed by atoms with E-state index in [1.54, 1.807) is 0 Å². The van der Waals surface area contributed by atoms with Crippen molar-refractivity contribution in [2.75, 3.05) is 11.9 Å².